The van der Waals surface area contributed by atoms with E-state index < -0.39 is 0 Å². The molecule has 1 heterocycles. The molecule has 7 heteroatoms. The number of hydrogen-bond acceptors (Lipinski definition) is 4. The van der Waals surface area contributed by atoms with Gasteiger partial charge in [0.25, 0.3) is 11.8 Å². The molecular formula is C21H31N3O4. The number of hydrogen-bond donors (Lipinski definition) is 1. The second-order valence-corrected chi connectivity index (χ2v) is 7.09. The van der Waals surface area contributed by atoms with Crippen LogP contribution in [0.15, 0.2) is 24.3 Å². The highest BCUT2D eigenvalue weighted by Gasteiger charge is 2.25. The van der Waals surface area contributed by atoms with Gasteiger partial charge < -0.3 is 19.9 Å². The van der Waals surface area contributed by atoms with Gasteiger partial charge in [-0.25, -0.2) is 4.79 Å². The monoisotopic (exact) mass is 389 g/mol. The third kappa shape index (κ3) is 5.97. The number of rotatable bonds is 7. The Hall–Kier alpha value is -2.57. The first kappa shape index (κ1) is 21.7. The zero-order chi connectivity index (χ0) is 20.5. The minimum absolute atomic E-state index is 0.00441. The van der Waals surface area contributed by atoms with E-state index in [4.69, 9.17) is 4.74 Å². The van der Waals surface area contributed by atoms with Crippen LogP contribution >= 0.6 is 0 Å². The van der Waals surface area contributed by atoms with Crippen LogP contribution < -0.4 is 5.32 Å². The summed E-state index contributed by atoms with van der Waals surface area (Å²) >= 11 is 0. The van der Waals surface area contributed by atoms with Gasteiger partial charge in [-0.05, 0) is 44.4 Å². The number of nitrogens with zero attached hydrogens (tertiary/aromatic N) is 2. The number of benzene rings is 1. The number of nitrogens with one attached hydrogen (secondary N) is 1. The van der Waals surface area contributed by atoms with Gasteiger partial charge in [0.05, 0.1) is 6.61 Å². The van der Waals surface area contributed by atoms with Gasteiger partial charge in [-0.2, -0.15) is 0 Å². The van der Waals surface area contributed by atoms with Crippen LogP contribution in [0.25, 0.3) is 0 Å². The lowest BCUT2D eigenvalue weighted by Crippen LogP contribution is -2.46. The van der Waals surface area contributed by atoms with E-state index in [0.29, 0.717) is 50.2 Å². The molecule has 0 aliphatic carbocycles. The van der Waals surface area contributed by atoms with E-state index in [1.54, 1.807) is 48.0 Å². The van der Waals surface area contributed by atoms with Crippen LogP contribution in [0.4, 0.5) is 4.79 Å². The molecule has 1 saturated heterocycles. The Morgan fingerprint density at radius 3 is 2.50 bits per heavy atom. The third-order valence-electron chi connectivity index (χ3n) is 4.92. The molecule has 1 fully saturated rings. The van der Waals surface area contributed by atoms with Crippen molar-refractivity contribution in [3.8, 4) is 0 Å². The maximum atomic E-state index is 12.6. The molecular weight excluding hydrogens is 358 g/mol. The van der Waals surface area contributed by atoms with E-state index in [-0.39, 0.29) is 23.9 Å². The normalized spacial score (nSPS) is 14.5. The average Bonchev–Trinajstić information content (AvgIpc) is 2.72. The molecule has 1 aliphatic rings. The van der Waals surface area contributed by atoms with Crippen molar-refractivity contribution in [3.63, 3.8) is 0 Å². The number of unbranched alkanes of at least 4 members (excludes halogenated alkanes) is 1. The van der Waals surface area contributed by atoms with Gasteiger partial charge in [-0.1, -0.05) is 19.4 Å². The minimum Gasteiger partial charge on any atom is -0.450 e. The fourth-order valence-corrected chi connectivity index (χ4v) is 3.20. The van der Waals surface area contributed by atoms with Crippen LogP contribution in [-0.2, 0) is 4.74 Å². The summed E-state index contributed by atoms with van der Waals surface area (Å²) in [5, 5.41) is 3.01. The number of piperidine rings is 1. The van der Waals surface area contributed by atoms with Gasteiger partial charge in [-0.3, -0.25) is 9.59 Å². The van der Waals surface area contributed by atoms with Crippen molar-refractivity contribution in [1.29, 1.82) is 0 Å². The molecule has 1 N–H and O–H groups in total. The van der Waals surface area contributed by atoms with Gasteiger partial charge in [0.1, 0.15) is 0 Å². The zero-order valence-electron chi connectivity index (χ0n) is 17.1. The number of amides is 3. The summed E-state index contributed by atoms with van der Waals surface area (Å²) in [5.41, 5.74) is 0.992. The van der Waals surface area contributed by atoms with Crippen LogP contribution in [0.1, 0.15) is 60.2 Å². The maximum Gasteiger partial charge on any atom is 0.409 e. The fraction of sp³-hybridized carbons (Fsp3) is 0.571. The van der Waals surface area contributed by atoms with E-state index in [2.05, 4.69) is 12.2 Å². The smallest absolute Gasteiger partial charge is 0.409 e. The quantitative estimate of drug-likeness (QED) is 0.778. The van der Waals surface area contributed by atoms with E-state index in [9.17, 15) is 14.4 Å². The van der Waals surface area contributed by atoms with Crippen molar-refractivity contribution >= 4 is 17.9 Å². The molecule has 3 amide bonds. The number of ether oxygens (including phenoxy) is 1. The standard InChI is InChI=1S/C21H31N3O4/c1-4-6-12-23(3)20(26)17-9-7-8-16(15-17)19(25)22-18-10-13-24(14-11-18)21(27)28-5-2/h7-9,15,18H,4-6,10-14H2,1-3H3,(H,22,25). The third-order valence-corrected chi connectivity index (χ3v) is 4.92. The number of carbonyl (C=O) groups excluding carboxylic acids is 3. The molecule has 0 radical (unpaired) electrons. The highest BCUT2D eigenvalue weighted by Crippen LogP contribution is 2.14. The molecule has 154 valence electrons. The largest absolute Gasteiger partial charge is 0.450 e. The van der Waals surface area contributed by atoms with Gasteiger partial charge in [0.2, 0.25) is 0 Å². The van der Waals surface area contributed by atoms with E-state index in [1.165, 1.54) is 0 Å². The van der Waals surface area contributed by atoms with Crippen molar-refractivity contribution in [2.45, 2.75) is 45.6 Å². The van der Waals surface area contributed by atoms with Crippen molar-refractivity contribution in [3.05, 3.63) is 35.4 Å². The predicted molar refractivity (Wildman–Crippen MR) is 107 cm³/mol. The van der Waals surface area contributed by atoms with Crippen molar-refractivity contribution in [2.75, 3.05) is 33.3 Å². The topological polar surface area (TPSA) is 79.0 Å². The first-order valence-electron chi connectivity index (χ1n) is 10.0. The van der Waals surface area contributed by atoms with Crippen molar-refractivity contribution < 1.29 is 19.1 Å². The van der Waals surface area contributed by atoms with Crippen molar-refractivity contribution in [2.24, 2.45) is 0 Å². The van der Waals surface area contributed by atoms with E-state index in [1.807, 2.05) is 0 Å². The predicted octanol–water partition coefficient (Wildman–Crippen LogP) is 2.91. The summed E-state index contributed by atoms with van der Waals surface area (Å²) in [7, 11) is 1.78. The number of carbonyl (C=O) groups is 3. The molecule has 0 bridgehead atoms. The first-order valence-corrected chi connectivity index (χ1v) is 10.0. The minimum atomic E-state index is -0.300. The molecule has 0 spiro atoms. The number of likely N-dealkylation sites (tertiary alicyclic amines) is 1. The van der Waals surface area contributed by atoms with Gasteiger partial charge >= 0.3 is 6.09 Å². The van der Waals surface area contributed by atoms with Crippen LogP contribution in [0.2, 0.25) is 0 Å². The second kappa shape index (κ2) is 10.7. The molecule has 0 unspecified atom stereocenters. The SMILES string of the molecule is CCCCN(C)C(=O)c1cccc(C(=O)NC2CCN(C(=O)OCC)CC2)c1. The lowest BCUT2D eigenvalue weighted by Gasteiger charge is -2.31. The Kier molecular flexibility index (Phi) is 8.29. The summed E-state index contributed by atoms with van der Waals surface area (Å²) in [5.74, 6) is -0.272. The summed E-state index contributed by atoms with van der Waals surface area (Å²) in [4.78, 5) is 40.2. The maximum absolute atomic E-state index is 12.6. The van der Waals surface area contributed by atoms with Crippen LogP contribution in [0.5, 0.6) is 0 Å². The summed E-state index contributed by atoms with van der Waals surface area (Å²) in [6, 6.07) is 6.84. The molecule has 1 aromatic carbocycles. The van der Waals surface area contributed by atoms with Crippen LogP contribution in [-0.4, -0.2) is 67.0 Å². The Morgan fingerprint density at radius 2 is 1.86 bits per heavy atom. The lowest BCUT2D eigenvalue weighted by molar-refractivity contribution is 0.0793. The summed E-state index contributed by atoms with van der Waals surface area (Å²) in [6.45, 7) is 6.05. The molecule has 7 nitrogen and oxygen atoms in total. The summed E-state index contributed by atoms with van der Waals surface area (Å²) < 4.78 is 5.01. The molecule has 1 aliphatic heterocycles. The Labute approximate surface area is 167 Å². The molecule has 2 rings (SSSR count). The molecule has 28 heavy (non-hydrogen) atoms. The van der Waals surface area contributed by atoms with E-state index in [0.717, 1.165) is 12.8 Å². The average molecular weight is 389 g/mol. The molecule has 0 atom stereocenters. The van der Waals surface area contributed by atoms with Gasteiger partial charge in [0, 0.05) is 43.9 Å². The van der Waals surface area contributed by atoms with Gasteiger partial charge in [-0.15, -0.1) is 0 Å². The zero-order valence-corrected chi connectivity index (χ0v) is 17.1. The molecule has 1 aromatic rings. The first-order chi connectivity index (χ1) is 13.5. The lowest BCUT2D eigenvalue weighted by atomic mass is 10.0. The fourth-order valence-electron chi connectivity index (χ4n) is 3.20. The Morgan fingerprint density at radius 1 is 1.18 bits per heavy atom. The van der Waals surface area contributed by atoms with E-state index >= 15 is 0 Å². The van der Waals surface area contributed by atoms with Crippen LogP contribution in [0, 0.1) is 0 Å². The van der Waals surface area contributed by atoms with Gasteiger partial charge in [0.15, 0.2) is 0 Å². The highest BCUT2D eigenvalue weighted by molar-refractivity contribution is 5.99. The Bertz CT molecular complexity index is 684. The second-order valence-electron chi connectivity index (χ2n) is 7.09. The Balaban J connectivity index is 1.91. The summed E-state index contributed by atoms with van der Waals surface area (Å²) in [6.07, 6.45) is 3.04. The molecule has 0 saturated carbocycles. The molecule has 0 aromatic heterocycles. The van der Waals surface area contributed by atoms with Crippen LogP contribution in [0.3, 0.4) is 0 Å². The van der Waals surface area contributed by atoms with Crippen molar-refractivity contribution in [1.82, 2.24) is 15.1 Å². The highest BCUT2D eigenvalue weighted by atomic mass is 16.6.